The molecule has 1 saturated heterocycles. The van der Waals surface area contributed by atoms with Crippen LogP contribution >= 0.6 is 0 Å². The van der Waals surface area contributed by atoms with E-state index in [1.807, 2.05) is 0 Å². The van der Waals surface area contributed by atoms with Crippen LogP contribution in [0.15, 0.2) is 23.3 Å². The summed E-state index contributed by atoms with van der Waals surface area (Å²) in [7, 11) is 0. The Bertz CT molecular complexity index is 555. The smallest absolute Gasteiger partial charge is 0.347 e. The maximum Gasteiger partial charge on any atom is 0.347 e. The molecule has 0 radical (unpaired) electrons. The average molecular weight is 279 g/mol. The Morgan fingerprint density at radius 3 is 2.95 bits per heavy atom. The zero-order chi connectivity index (χ0) is 14.5. The quantitative estimate of drug-likeness (QED) is 0.834. The van der Waals surface area contributed by atoms with Gasteiger partial charge in [0, 0.05) is 31.9 Å². The van der Waals surface area contributed by atoms with Gasteiger partial charge in [-0.25, -0.2) is 9.78 Å². The van der Waals surface area contributed by atoms with Crippen LogP contribution < -0.4 is 5.69 Å². The molecule has 1 aromatic rings. The first kappa shape index (κ1) is 14.2. The Kier molecular flexibility index (Phi) is 4.49. The average Bonchev–Trinajstić information content (AvgIpc) is 2.41. The second kappa shape index (κ2) is 6.31. The first-order valence-electron chi connectivity index (χ1n) is 6.57. The molecule has 0 aromatic carbocycles. The van der Waals surface area contributed by atoms with Gasteiger partial charge < -0.3 is 10.0 Å². The fourth-order valence-electron chi connectivity index (χ4n) is 2.46. The second-order valence-corrected chi connectivity index (χ2v) is 4.98. The Labute approximate surface area is 115 Å². The molecule has 2 rings (SSSR count). The summed E-state index contributed by atoms with van der Waals surface area (Å²) in [5.41, 5.74) is -0.458. The molecule has 1 amide bonds. The number of carbonyl (C=O) groups excluding carboxylic acids is 1. The number of rotatable bonds is 4. The summed E-state index contributed by atoms with van der Waals surface area (Å²) >= 11 is 0. The van der Waals surface area contributed by atoms with E-state index in [1.54, 1.807) is 11.0 Å². The van der Waals surface area contributed by atoms with E-state index in [1.165, 1.54) is 17.0 Å². The largest absolute Gasteiger partial charge is 0.481 e. The number of aromatic nitrogens is 2. The van der Waals surface area contributed by atoms with Crippen LogP contribution in [0.1, 0.15) is 19.3 Å². The molecular weight excluding hydrogens is 262 g/mol. The Morgan fingerprint density at radius 1 is 1.45 bits per heavy atom. The lowest BCUT2D eigenvalue weighted by Crippen LogP contribution is -2.43. The van der Waals surface area contributed by atoms with Crippen molar-refractivity contribution in [1.29, 1.82) is 0 Å². The van der Waals surface area contributed by atoms with Crippen LogP contribution in [0.2, 0.25) is 0 Å². The normalized spacial score (nSPS) is 18.8. The molecule has 108 valence electrons. The van der Waals surface area contributed by atoms with Crippen LogP contribution in [0.3, 0.4) is 0 Å². The second-order valence-electron chi connectivity index (χ2n) is 4.98. The number of hydrogen-bond donors (Lipinski definition) is 1. The monoisotopic (exact) mass is 279 g/mol. The molecule has 1 fully saturated rings. The van der Waals surface area contributed by atoms with Crippen LogP contribution in [-0.4, -0.2) is 44.5 Å². The molecule has 1 aromatic heterocycles. The number of carboxylic acid groups (broad SMARTS) is 1. The molecule has 0 saturated carbocycles. The summed E-state index contributed by atoms with van der Waals surface area (Å²) in [5.74, 6) is -1.02. The SMILES string of the molecule is O=C(O)CC1CCCN(C(=O)Cn2cccnc2=O)C1. The first-order chi connectivity index (χ1) is 9.56. The van der Waals surface area contributed by atoms with Gasteiger partial charge in [-0.2, -0.15) is 0 Å². The van der Waals surface area contributed by atoms with E-state index in [0.29, 0.717) is 13.1 Å². The molecular formula is C13H17N3O4. The van der Waals surface area contributed by atoms with Gasteiger partial charge in [-0.3, -0.25) is 14.2 Å². The van der Waals surface area contributed by atoms with Crippen molar-refractivity contribution in [2.75, 3.05) is 13.1 Å². The van der Waals surface area contributed by atoms with Crippen molar-refractivity contribution < 1.29 is 14.7 Å². The molecule has 1 atom stereocenters. The summed E-state index contributed by atoms with van der Waals surface area (Å²) in [5, 5.41) is 8.81. The molecule has 7 nitrogen and oxygen atoms in total. The maximum absolute atomic E-state index is 12.1. The minimum atomic E-state index is -0.840. The molecule has 20 heavy (non-hydrogen) atoms. The number of hydrogen-bond acceptors (Lipinski definition) is 4. The summed E-state index contributed by atoms with van der Waals surface area (Å²) in [6, 6.07) is 1.60. The number of amides is 1. The standard InChI is InChI=1S/C13H17N3O4/c17-11(9-16-6-2-4-14-13(16)20)15-5-1-3-10(8-15)7-12(18)19/h2,4,6,10H,1,3,5,7-9H2,(H,18,19). The highest BCUT2D eigenvalue weighted by Crippen LogP contribution is 2.19. The van der Waals surface area contributed by atoms with Gasteiger partial charge in [0.15, 0.2) is 0 Å². The van der Waals surface area contributed by atoms with Crippen molar-refractivity contribution in [2.45, 2.75) is 25.8 Å². The van der Waals surface area contributed by atoms with Crippen LogP contribution in [0, 0.1) is 5.92 Å². The van der Waals surface area contributed by atoms with Crippen molar-refractivity contribution >= 4 is 11.9 Å². The zero-order valence-electron chi connectivity index (χ0n) is 11.1. The molecule has 0 aliphatic carbocycles. The lowest BCUT2D eigenvalue weighted by Gasteiger charge is -2.32. The topological polar surface area (TPSA) is 92.5 Å². The maximum atomic E-state index is 12.1. The predicted molar refractivity (Wildman–Crippen MR) is 70.1 cm³/mol. The molecule has 2 heterocycles. The van der Waals surface area contributed by atoms with E-state index in [9.17, 15) is 14.4 Å². The Balaban J connectivity index is 1.97. The minimum absolute atomic E-state index is 0.00387. The van der Waals surface area contributed by atoms with Gasteiger partial charge in [-0.1, -0.05) is 0 Å². The van der Waals surface area contributed by atoms with Crippen LogP contribution in [0.25, 0.3) is 0 Å². The summed E-state index contributed by atoms with van der Waals surface area (Å²) < 4.78 is 1.25. The predicted octanol–water partition coefficient (Wildman–Crippen LogP) is -0.0434. The van der Waals surface area contributed by atoms with E-state index in [4.69, 9.17) is 5.11 Å². The molecule has 1 aliphatic rings. The molecule has 1 N–H and O–H groups in total. The highest BCUT2D eigenvalue weighted by Gasteiger charge is 2.25. The van der Waals surface area contributed by atoms with Gasteiger partial charge in [0.1, 0.15) is 6.54 Å². The number of carboxylic acids is 1. The fraction of sp³-hybridized carbons (Fsp3) is 0.538. The summed E-state index contributed by atoms with van der Waals surface area (Å²) in [6.07, 6.45) is 4.60. The van der Waals surface area contributed by atoms with E-state index >= 15 is 0 Å². The van der Waals surface area contributed by atoms with Crippen molar-refractivity contribution in [1.82, 2.24) is 14.5 Å². The third-order valence-electron chi connectivity index (χ3n) is 3.42. The molecule has 1 aliphatic heterocycles. The van der Waals surface area contributed by atoms with Gasteiger partial charge in [0.2, 0.25) is 5.91 Å². The molecule has 0 spiro atoms. The molecule has 7 heteroatoms. The first-order valence-corrected chi connectivity index (χ1v) is 6.57. The third-order valence-corrected chi connectivity index (χ3v) is 3.42. The zero-order valence-corrected chi connectivity index (χ0v) is 11.1. The van der Waals surface area contributed by atoms with Crippen molar-refractivity contribution in [3.05, 3.63) is 28.9 Å². The van der Waals surface area contributed by atoms with Gasteiger partial charge >= 0.3 is 11.7 Å². The lowest BCUT2D eigenvalue weighted by molar-refractivity contribution is -0.140. The van der Waals surface area contributed by atoms with Crippen LogP contribution in [-0.2, 0) is 16.1 Å². The molecule has 0 bridgehead atoms. The van der Waals surface area contributed by atoms with E-state index in [-0.39, 0.29) is 24.8 Å². The Hall–Kier alpha value is -2.18. The van der Waals surface area contributed by atoms with Crippen LogP contribution in [0.5, 0.6) is 0 Å². The Morgan fingerprint density at radius 2 is 2.25 bits per heavy atom. The number of carbonyl (C=O) groups is 2. The molecule has 1 unspecified atom stereocenters. The van der Waals surface area contributed by atoms with E-state index in [2.05, 4.69) is 4.98 Å². The number of likely N-dealkylation sites (tertiary alicyclic amines) is 1. The van der Waals surface area contributed by atoms with Gasteiger partial charge in [0.25, 0.3) is 0 Å². The van der Waals surface area contributed by atoms with E-state index in [0.717, 1.165) is 12.8 Å². The number of nitrogens with zero attached hydrogens (tertiary/aromatic N) is 3. The van der Waals surface area contributed by atoms with Crippen molar-refractivity contribution in [2.24, 2.45) is 5.92 Å². The highest BCUT2D eigenvalue weighted by atomic mass is 16.4. The fourth-order valence-corrected chi connectivity index (χ4v) is 2.46. The third kappa shape index (κ3) is 3.66. The van der Waals surface area contributed by atoms with E-state index < -0.39 is 11.7 Å². The highest BCUT2D eigenvalue weighted by molar-refractivity contribution is 5.76. The van der Waals surface area contributed by atoms with Crippen LogP contribution in [0.4, 0.5) is 0 Å². The lowest BCUT2D eigenvalue weighted by atomic mass is 9.95. The number of aliphatic carboxylic acids is 1. The summed E-state index contributed by atoms with van der Waals surface area (Å²) in [4.78, 5) is 39.5. The minimum Gasteiger partial charge on any atom is -0.481 e. The van der Waals surface area contributed by atoms with Crippen molar-refractivity contribution in [3.8, 4) is 0 Å². The van der Waals surface area contributed by atoms with Crippen molar-refractivity contribution in [3.63, 3.8) is 0 Å². The summed E-state index contributed by atoms with van der Waals surface area (Å²) in [6.45, 7) is 1.01. The van der Waals surface area contributed by atoms with Gasteiger partial charge in [-0.05, 0) is 24.8 Å². The number of piperidine rings is 1. The van der Waals surface area contributed by atoms with Gasteiger partial charge in [0.05, 0.1) is 0 Å². The van der Waals surface area contributed by atoms with Gasteiger partial charge in [-0.15, -0.1) is 0 Å².